The molecule has 110 valence electrons. The summed E-state index contributed by atoms with van der Waals surface area (Å²) in [6, 6.07) is 5.81. The van der Waals surface area contributed by atoms with Crippen LogP contribution in [0.25, 0.3) is 0 Å². The molecule has 2 amide bonds. The highest BCUT2D eigenvalue weighted by molar-refractivity contribution is 5.85. The molecule has 0 radical (unpaired) electrons. The van der Waals surface area contributed by atoms with Crippen LogP contribution in [0.2, 0.25) is 0 Å². The number of methoxy groups -OCH3 is 1. The fourth-order valence-corrected chi connectivity index (χ4v) is 1.58. The topological polar surface area (TPSA) is 67.4 Å². The Labute approximate surface area is 117 Å². The maximum absolute atomic E-state index is 12.9. The lowest BCUT2D eigenvalue weighted by molar-refractivity contribution is -0.125. The summed E-state index contributed by atoms with van der Waals surface area (Å²) in [4.78, 5) is 23.0. The molecule has 0 aliphatic heterocycles. The van der Waals surface area contributed by atoms with E-state index in [9.17, 15) is 14.0 Å². The van der Waals surface area contributed by atoms with E-state index in [2.05, 4.69) is 10.6 Å². The summed E-state index contributed by atoms with van der Waals surface area (Å²) in [6.45, 7) is 1.000. The molecule has 2 N–H and O–H groups in total. The molecule has 0 spiro atoms. The van der Waals surface area contributed by atoms with Crippen LogP contribution in [0, 0.1) is 5.82 Å². The number of nitrogens with one attached hydrogen (secondary N) is 2. The molecule has 0 atom stereocenters. The van der Waals surface area contributed by atoms with Gasteiger partial charge in [0.1, 0.15) is 5.82 Å². The number of carbonyl (C=O) groups excluding carboxylic acids is 2. The van der Waals surface area contributed by atoms with E-state index in [0.717, 1.165) is 6.42 Å². The van der Waals surface area contributed by atoms with Gasteiger partial charge in [0.25, 0.3) is 0 Å². The van der Waals surface area contributed by atoms with Crippen molar-refractivity contribution in [3.63, 3.8) is 0 Å². The van der Waals surface area contributed by atoms with Gasteiger partial charge in [-0.3, -0.25) is 9.59 Å². The number of amides is 2. The molecule has 1 aromatic carbocycles. The SMILES string of the molecule is COCCCNC(=O)CNC(=O)Cc1cccc(F)c1. The minimum Gasteiger partial charge on any atom is -0.385 e. The van der Waals surface area contributed by atoms with Gasteiger partial charge in [-0.05, 0) is 24.1 Å². The second-order valence-electron chi connectivity index (χ2n) is 4.28. The Morgan fingerprint density at radius 2 is 2.05 bits per heavy atom. The van der Waals surface area contributed by atoms with Gasteiger partial charge < -0.3 is 15.4 Å². The monoisotopic (exact) mass is 282 g/mol. The van der Waals surface area contributed by atoms with Gasteiger partial charge >= 0.3 is 0 Å². The van der Waals surface area contributed by atoms with Gasteiger partial charge in [-0.25, -0.2) is 4.39 Å². The highest BCUT2D eigenvalue weighted by Crippen LogP contribution is 2.03. The van der Waals surface area contributed by atoms with Crippen molar-refractivity contribution < 1.29 is 18.7 Å². The van der Waals surface area contributed by atoms with Crippen molar-refractivity contribution in [2.24, 2.45) is 0 Å². The van der Waals surface area contributed by atoms with Crippen molar-refractivity contribution >= 4 is 11.8 Å². The predicted molar refractivity (Wildman–Crippen MR) is 72.6 cm³/mol. The number of benzene rings is 1. The quantitative estimate of drug-likeness (QED) is 0.688. The Kier molecular flexibility index (Phi) is 7.27. The summed E-state index contributed by atoms with van der Waals surface area (Å²) in [5.74, 6) is -0.956. The number of hydrogen-bond acceptors (Lipinski definition) is 3. The van der Waals surface area contributed by atoms with Gasteiger partial charge in [0.2, 0.25) is 11.8 Å². The molecule has 6 heteroatoms. The molecule has 20 heavy (non-hydrogen) atoms. The predicted octanol–water partition coefficient (Wildman–Crippen LogP) is 0.637. The summed E-state index contributed by atoms with van der Waals surface area (Å²) < 4.78 is 17.8. The number of ether oxygens (including phenoxy) is 1. The fraction of sp³-hybridized carbons (Fsp3) is 0.429. The second kappa shape index (κ2) is 9.03. The molecule has 0 saturated carbocycles. The molecule has 0 bridgehead atoms. The molecule has 0 unspecified atom stereocenters. The van der Waals surface area contributed by atoms with Crippen LogP contribution in [0.15, 0.2) is 24.3 Å². The largest absolute Gasteiger partial charge is 0.385 e. The maximum Gasteiger partial charge on any atom is 0.239 e. The van der Waals surface area contributed by atoms with Crippen LogP contribution in [0.5, 0.6) is 0 Å². The molecule has 1 aromatic rings. The third-order valence-electron chi connectivity index (χ3n) is 2.55. The first-order valence-electron chi connectivity index (χ1n) is 6.38. The van der Waals surface area contributed by atoms with E-state index >= 15 is 0 Å². The van der Waals surface area contributed by atoms with Gasteiger partial charge in [-0.1, -0.05) is 12.1 Å². The average molecular weight is 282 g/mol. The summed E-state index contributed by atoms with van der Waals surface area (Å²) >= 11 is 0. The van der Waals surface area contributed by atoms with E-state index in [1.165, 1.54) is 12.1 Å². The second-order valence-corrected chi connectivity index (χ2v) is 4.28. The van der Waals surface area contributed by atoms with E-state index in [4.69, 9.17) is 4.74 Å². The zero-order chi connectivity index (χ0) is 14.8. The Bertz CT molecular complexity index is 452. The Morgan fingerprint density at radius 1 is 1.25 bits per heavy atom. The standard InChI is InChI=1S/C14H19FN2O3/c1-20-7-3-6-16-14(19)10-17-13(18)9-11-4-2-5-12(15)8-11/h2,4-5,8H,3,6-7,9-10H2,1H3,(H,16,19)(H,17,18). The van der Waals surface area contributed by atoms with Gasteiger partial charge in [0.05, 0.1) is 13.0 Å². The number of halogens is 1. The average Bonchev–Trinajstić information content (AvgIpc) is 2.41. The van der Waals surface area contributed by atoms with Gasteiger partial charge in [-0.15, -0.1) is 0 Å². The van der Waals surface area contributed by atoms with E-state index < -0.39 is 0 Å². The molecule has 0 fully saturated rings. The van der Waals surface area contributed by atoms with Crippen molar-refractivity contribution in [3.05, 3.63) is 35.6 Å². The van der Waals surface area contributed by atoms with Crippen LogP contribution in [-0.4, -0.2) is 38.6 Å². The van der Waals surface area contributed by atoms with Crippen LogP contribution in [-0.2, 0) is 20.7 Å². The molecule has 1 rings (SSSR count). The summed E-state index contributed by atoms with van der Waals surface area (Å²) in [5, 5.41) is 5.14. The first-order chi connectivity index (χ1) is 9.61. The zero-order valence-corrected chi connectivity index (χ0v) is 11.4. The molecule has 5 nitrogen and oxygen atoms in total. The van der Waals surface area contributed by atoms with Gasteiger partial charge in [0.15, 0.2) is 0 Å². The summed E-state index contributed by atoms with van der Waals surface area (Å²) in [7, 11) is 1.59. The van der Waals surface area contributed by atoms with Crippen LogP contribution >= 0.6 is 0 Å². The molecular formula is C14H19FN2O3. The molecule has 0 aliphatic rings. The first kappa shape index (κ1) is 16.1. The summed E-state index contributed by atoms with van der Waals surface area (Å²) in [6.07, 6.45) is 0.772. The van der Waals surface area contributed by atoms with Crippen molar-refractivity contribution in [2.45, 2.75) is 12.8 Å². The maximum atomic E-state index is 12.9. The van der Waals surface area contributed by atoms with Crippen LogP contribution in [0.1, 0.15) is 12.0 Å². The number of hydrogen-bond donors (Lipinski definition) is 2. The van der Waals surface area contributed by atoms with E-state index in [1.54, 1.807) is 19.2 Å². The molecule has 0 aliphatic carbocycles. The van der Waals surface area contributed by atoms with Crippen molar-refractivity contribution in [3.8, 4) is 0 Å². The van der Waals surface area contributed by atoms with Crippen LogP contribution < -0.4 is 10.6 Å². The zero-order valence-electron chi connectivity index (χ0n) is 11.4. The Balaban J connectivity index is 2.21. The molecule has 0 aromatic heterocycles. The normalized spacial score (nSPS) is 10.1. The van der Waals surface area contributed by atoms with Crippen LogP contribution in [0.4, 0.5) is 4.39 Å². The molecular weight excluding hydrogens is 263 g/mol. The van der Waals surface area contributed by atoms with Crippen molar-refractivity contribution in [1.29, 1.82) is 0 Å². The first-order valence-corrected chi connectivity index (χ1v) is 6.38. The third kappa shape index (κ3) is 6.84. The smallest absolute Gasteiger partial charge is 0.239 e. The Morgan fingerprint density at radius 3 is 2.75 bits per heavy atom. The van der Waals surface area contributed by atoms with Crippen molar-refractivity contribution in [2.75, 3.05) is 26.8 Å². The Hall–Kier alpha value is -1.95. The minimum atomic E-state index is -0.383. The van der Waals surface area contributed by atoms with E-state index in [-0.39, 0.29) is 30.6 Å². The molecule has 0 heterocycles. The van der Waals surface area contributed by atoms with Crippen molar-refractivity contribution in [1.82, 2.24) is 10.6 Å². The van der Waals surface area contributed by atoms with E-state index in [0.29, 0.717) is 18.7 Å². The van der Waals surface area contributed by atoms with Crippen LogP contribution in [0.3, 0.4) is 0 Å². The number of rotatable bonds is 8. The highest BCUT2D eigenvalue weighted by atomic mass is 19.1. The lowest BCUT2D eigenvalue weighted by atomic mass is 10.1. The highest BCUT2D eigenvalue weighted by Gasteiger charge is 2.06. The summed E-state index contributed by atoms with van der Waals surface area (Å²) in [5.41, 5.74) is 0.572. The van der Waals surface area contributed by atoms with Gasteiger partial charge in [-0.2, -0.15) is 0 Å². The van der Waals surface area contributed by atoms with E-state index in [1.807, 2.05) is 0 Å². The lowest BCUT2D eigenvalue weighted by Gasteiger charge is -2.07. The third-order valence-corrected chi connectivity index (χ3v) is 2.55. The van der Waals surface area contributed by atoms with Gasteiger partial charge in [0, 0.05) is 20.3 Å². The number of carbonyl (C=O) groups is 2. The minimum absolute atomic E-state index is 0.0503. The lowest BCUT2D eigenvalue weighted by Crippen LogP contribution is -2.38. The fourth-order valence-electron chi connectivity index (χ4n) is 1.58. The molecule has 0 saturated heterocycles.